The molecule has 0 bridgehead atoms. The van der Waals surface area contributed by atoms with Crippen molar-refractivity contribution >= 4 is 17.7 Å². The van der Waals surface area contributed by atoms with Crippen LogP contribution in [0.5, 0.6) is 5.75 Å². The van der Waals surface area contributed by atoms with Gasteiger partial charge in [0.05, 0.1) is 12.7 Å². The van der Waals surface area contributed by atoms with Crippen LogP contribution in [0.4, 0.5) is 4.39 Å². The predicted molar refractivity (Wildman–Crippen MR) is 112 cm³/mol. The summed E-state index contributed by atoms with van der Waals surface area (Å²) < 4.78 is 25.0. The lowest BCUT2D eigenvalue weighted by molar-refractivity contribution is -0.0115. The molecule has 4 rings (SSSR count). The molecular weight excluding hydrogens is 391 g/mol. The smallest absolute Gasteiger partial charge is 0.340 e. The number of carbonyl (C=O) groups excluding carboxylic acids is 1. The molecule has 2 aromatic rings. The van der Waals surface area contributed by atoms with Gasteiger partial charge in [-0.15, -0.1) is 0 Å². The van der Waals surface area contributed by atoms with E-state index in [1.165, 1.54) is 13.2 Å². The van der Waals surface area contributed by atoms with Crippen LogP contribution >= 0.6 is 11.8 Å². The number of halogens is 1. The molecule has 1 saturated heterocycles. The van der Waals surface area contributed by atoms with Crippen molar-refractivity contribution in [1.29, 1.82) is 0 Å². The fourth-order valence-corrected chi connectivity index (χ4v) is 5.30. The minimum absolute atomic E-state index is 0.0446. The van der Waals surface area contributed by atoms with Gasteiger partial charge < -0.3 is 14.6 Å². The molecule has 154 valence electrons. The van der Waals surface area contributed by atoms with E-state index in [1.54, 1.807) is 6.07 Å². The van der Waals surface area contributed by atoms with Crippen LogP contribution in [0.2, 0.25) is 0 Å². The maximum atomic E-state index is 14.4. The maximum absolute atomic E-state index is 14.4. The summed E-state index contributed by atoms with van der Waals surface area (Å²) in [6.45, 7) is 0.292. The number of ether oxygens (including phenoxy) is 2. The quantitative estimate of drug-likeness (QED) is 0.749. The van der Waals surface area contributed by atoms with Crippen molar-refractivity contribution in [3.63, 3.8) is 0 Å². The number of thioether (sulfide) groups is 1. The summed E-state index contributed by atoms with van der Waals surface area (Å²) in [7, 11) is 1.25. The Kier molecular flexibility index (Phi) is 5.83. The molecule has 0 spiro atoms. The van der Waals surface area contributed by atoms with Gasteiger partial charge in [0.1, 0.15) is 23.8 Å². The molecule has 6 heteroatoms. The monoisotopic (exact) mass is 416 g/mol. The van der Waals surface area contributed by atoms with Gasteiger partial charge in [-0.1, -0.05) is 6.07 Å². The minimum atomic E-state index is -0.752. The van der Waals surface area contributed by atoms with Crippen molar-refractivity contribution in [3.8, 4) is 16.9 Å². The van der Waals surface area contributed by atoms with Crippen LogP contribution in [0.1, 0.15) is 40.7 Å². The zero-order chi connectivity index (χ0) is 20.4. The summed E-state index contributed by atoms with van der Waals surface area (Å²) in [6.07, 6.45) is 3.98. The fraction of sp³-hybridized carbons (Fsp3) is 0.435. The largest absolute Gasteiger partial charge is 0.491 e. The summed E-state index contributed by atoms with van der Waals surface area (Å²) in [6, 6.07) is 8.92. The molecule has 2 aliphatic rings. The highest BCUT2D eigenvalue weighted by molar-refractivity contribution is 7.99. The van der Waals surface area contributed by atoms with E-state index < -0.39 is 17.4 Å². The van der Waals surface area contributed by atoms with E-state index in [0.29, 0.717) is 6.61 Å². The lowest BCUT2D eigenvalue weighted by atomic mass is 9.94. The van der Waals surface area contributed by atoms with E-state index in [2.05, 4.69) is 0 Å². The first kappa shape index (κ1) is 20.2. The second-order valence-corrected chi connectivity index (χ2v) is 9.00. The van der Waals surface area contributed by atoms with Crippen LogP contribution in [0.15, 0.2) is 30.3 Å². The van der Waals surface area contributed by atoms with Gasteiger partial charge in [0.2, 0.25) is 0 Å². The third-order valence-electron chi connectivity index (χ3n) is 5.79. The third-order valence-corrected chi connectivity index (χ3v) is 6.77. The minimum Gasteiger partial charge on any atom is -0.491 e. The van der Waals surface area contributed by atoms with E-state index in [0.717, 1.165) is 71.6 Å². The van der Waals surface area contributed by atoms with Gasteiger partial charge in [-0.3, -0.25) is 0 Å². The number of esters is 1. The van der Waals surface area contributed by atoms with E-state index >= 15 is 0 Å². The summed E-state index contributed by atoms with van der Waals surface area (Å²) in [5, 5.41) is 10.7. The van der Waals surface area contributed by atoms with Crippen molar-refractivity contribution in [2.24, 2.45) is 0 Å². The maximum Gasteiger partial charge on any atom is 0.340 e. The molecule has 2 aromatic carbocycles. The second-order valence-electron chi connectivity index (χ2n) is 7.78. The molecule has 0 saturated carbocycles. The molecule has 4 nitrogen and oxygen atoms in total. The van der Waals surface area contributed by atoms with Crippen LogP contribution < -0.4 is 4.74 Å². The Balaban J connectivity index is 1.62. The van der Waals surface area contributed by atoms with Gasteiger partial charge >= 0.3 is 5.97 Å². The van der Waals surface area contributed by atoms with Crippen LogP contribution in [0.25, 0.3) is 11.1 Å². The molecule has 0 unspecified atom stereocenters. The lowest BCUT2D eigenvalue weighted by Gasteiger charge is -2.31. The number of rotatable bonds is 4. The van der Waals surface area contributed by atoms with Gasteiger partial charge in [0, 0.05) is 0 Å². The Morgan fingerprint density at radius 2 is 1.86 bits per heavy atom. The number of aryl methyl sites for hydroxylation is 2. The van der Waals surface area contributed by atoms with Crippen molar-refractivity contribution in [2.45, 2.75) is 37.7 Å². The summed E-state index contributed by atoms with van der Waals surface area (Å²) in [5.41, 5.74) is 3.07. The summed E-state index contributed by atoms with van der Waals surface area (Å²) in [4.78, 5) is 11.9. The zero-order valence-corrected chi connectivity index (χ0v) is 17.3. The topological polar surface area (TPSA) is 55.8 Å². The summed E-state index contributed by atoms with van der Waals surface area (Å²) >= 11 is 1.86. The van der Waals surface area contributed by atoms with E-state index in [4.69, 9.17) is 9.47 Å². The molecule has 1 heterocycles. The van der Waals surface area contributed by atoms with Crippen LogP contribution in [-0.2, 0) is 17.6 Å². The fourth-order valence-electron chi connectivity index (χ4n) is 4.05. The number of carbonyl (C=O) groups is 1. The van der Waals surface area contributed by atoms with Gasteiger partial charge in [-0.25, -0.2) is 9.18 Å². The number of benzene rings is 2. The van der Waals surface area contributed by atoms with Crippen LogP contribution in [0.3, 0.4) is 0 Å². The van der Waals surface area contributed by atoms with Gasteiger partial charge in [-0.2, -0.15) is 11.8 Å². The Labute approximate surface area is 174 Å². The SMILES string of the molecule is COC(=O)c1cc2c(cc1F)CCCc1cc(OCC3(O)CCSCC3)ccc1-2. The molecule has 0 atom stereocenters. The molecular formula is C23H25FO4S. The van der Waals surface area contributed by atoms with Gasteiger partial charge in [0.25, 0.3) is 0 Å². The first-order chi connectivity index (χ1) is 14.0. The molecule has 0 amide bonds. The Morgan fingerprint density at radius 3 is 2.59 bits per heavy atom. The van der Waals surface area contributed by atoms with Crippen molar-refractivity contribution in [3.05, 3.63) is 52.8 Å². The standard InChI is InChI=1S/C23H25FO4S/c1-27-22(25)20-13-19-16(12-21(20)24)4-2-3-15-11-17(5-6-18(15)19)28-14-23(26)7-9-29-10-8-23/h5-6,11-13,26H,2-4,7-10,14H2,1H3. The molecule has 1 aliphatic heterocycles. The zero-order valence-electron chi connectivity index (χ0n) is 16.5. The highest BCUT2D eigenvalue weighted by Crippen LogP contribution is 2.36. The first-order valence-corrected chi connectivity index (χ1v) is 11.1. The van der Waals surface area contributed by atoms with E-state index in [-0.39, 0.29) is 5.56 Å². The Hall–Kier alpha value is -2.05. The molecule has 1 aliphatic carbocycles. The average molecular weight is 417 g/mol. The molecule has 29 heavy (non-hydrogen) atoms. The van der Waals surface area contributed by atoms with Crippen LogP contribution in [-0.4, -0.2) is 41.9 Å². The predicted octanol–water partition coefficient (Wildman–Crippen LogP) is 4.40. The van der Waals surface area contributed by atoms with E-state index in [1.807, 2.05) is 30.0 Å². The van der Waals surface area contributed by atoms with Crippen molar-refractivity contribution in [2.75, 3.05) is 25.2 Å². The highest BCUT2D eigenvalue weighted by atomic mass is 32.2. The number of hydrogen-bond donors (Lipinski definition) is 1. The van der Waals surface area contributed by atoms with Crippen LogP contribution in [0, 0.1) is 5.82 Å². The summed E-state index contributed by atoms with van der Waals surface area (Å²) in [5.74, 6) is 1.43. The number of fused-ring (bicyclic) bond motifs is 3. The lowest BCUT2D eigenvalue weighted by Crippen LogP contribution is -2.39. The van der Waals surface area contributed by atoms with E-state index in [9.17, 15) is 14.3 Å². The van der Waals surface area contributed by atoms with Crippen molar-refractivity contribution < 1.29 is 23.8 Å². The Bertz CT molecular complexity index is 921. The number of methoxy groups -OCH3 is 1. The Morgan fingerprint density at radius 1 is 1.14 bits per heavy atom. The normalized spacial score (nSPS) is 17.6. The highest BCUT2D eigenvalue weighted by Gasteiger charge is 2.30. The number of aliphatic hydroxyl groups is 1. The number of hydrogen-bond acceptors (Lipinski definition) is 5. The van der Waals surface area contributed by atoms with Gasteiger partial charge in [-0.05, 0) is 90.1 Å². The molecule has 1 fully saturated rings. The molecule has 0 aromatic heterocycles. The van der Waals surface area contributed by atoms with Crippen molar-refractivity contribution in [1.82, 2.24) is 0 Å². The average Bonchev–Trinajstić information content (AvgIpc) is 2.90. The molecule has 1 N–H and O–H groups in total. The third kappa shape index (κ3) is 4.28. The first-order valence-electron chi connectivity index (χ1n) is 9.96. The van der Waals surface area contributed by atoms with Gasteiger partial charge in [0.15, 0.2) is 0 Å². The molecule has 0 radical (unpaired) electrons. The second kappa shape index (κ2) is 8.36.